The molecule has 104 valence electrons. The number of aromatic amines is 1. The number of hydrogen-bond donors (Lipinski definition) is 4. The summed E-state index contributed by atoms with van der Waals surface area (Å²) in [7, 11) is 0. The number of H-pyrrole nitrogens is 1. The van der Waals surface area contributed by atoms with Gasteiger partial charge in [-0.15, -0.1) is 0 Å². The van der Waals surface area contributed by atoms with Crippen molar-refractivity contribution in [3.63, 3.8) is 0 Å². The molecule has 7 heteroatoms. The second-order valence-electron chi connectivity index (χ2n) is 4.95. The van der Waals surface area contributed by atoms with Gasteiger partial charge in [0.25, 0.3) is 0 Å². The molecule has 0 bridgehead atoms. The van der Waals surface area contributed by atoms with Crippen LogP contribution in [0.1, 0.15) is 30.7 Å². The van der Waals surface area contributed by atoms with Crippen molar-refractivity contribution in [2.24, 2.45) is 0 Å². The fourth-order valence-corrected chi connectivity index (χ4v) is 2.16. The Morgan fingerprint density at radius 3 is 2.53 bits per heavy atom. The third-order valence-corrected chi connectivity index (χ3v) is 3.60. The number of carboxylic acid groups (broad SMARTS) is 1. The first-order chi connectivity index (χ1) is 8.94. The Labute approximate surface area is 110 Å². The monoisotopic (exact) mass is 266 g/mol. The molecular weight excluding hydrogens is 248 g/mol. The van der Waals surface area contributed by atoms with Gasteiger partial charge < -0.3 is 10.4 Å². The van der Waals surface area contributed by atoms with Crippen LogP contribution in [-0.4, -0.2) is 39.3 Å². The predicted molar refractivity (Wildman–Crippen MR) is 68.9 cm³/mol. The number of anilines is 1. The first-order valence-corrected chi connectivity index (χ1v) is 6.24. The molecule has 0 radical (unpaired) electrons. The first kappa shape index (κ1) is 13.5. The standard InChI is InChI=1S/C12H18N4O3/c1-7-10(8(2)16-15-7)14-9(17)6-13-12(11(18)19)4-3-5-12/h13H,3-6H2,1-2H3,(H,14,17)(H,15,16)(H,18,19). The number of aromatic nitrogens is 2. The highest BCUT2D eigenvalue weighted by molar-refractivity contribution is 5.94. The molecule has 7 nitrogen and oxygen atoms in total. The lowest BCUT2D eigenvalue weighted by molar-refractivity contribution is -0.148. The average Bonchev–Trinajstić information content (AvgIpc) is 2.59. The summed E-state index contributed by atoms with van der Waals surface area (Å²) >= 11 is 0. The van der Waals surface area contributed by atoms with Gasteiger partial charge in [-0.1, -0.05) is 0 Å². The number of aliphatic carboxylic acids is 1. The van der Waals surface area contributed by atoms with Crippen molar-refractivity contribution in [2.75, 3.05) is 11.9 Å². The van der Waals surface area contributed by atoms with Gasteiger partial charge in [0.15, 0.2) is 0 Å². The van der Waals surface area contributed by atoms with Crippen LogP contribution in [0.5, 0.6) is 0 Å². The van der Waals surface area contributed by atoms with Crippen LogP contribution < -0.4 is 10.6 Å². The molecule has 1 heterocycles. The maximum atomic E-state index is 11.8. The average molecular weight is 266 g/mol. The van der Waals surface area contributed by atoms with Gasteiger partial charge in [-0.2, -0.15) is 5.10 Å². The molecule has 0 aliphatic heterocycles. The van der Waals surface area contributed by atoms with Gasteiger partial charge in [0.05, 0.1) is 23.6 Å². The minimum Gasteiger partial charge on any atom is -0.480 e. The Morgan fingerprint density at radius 2 is 2.11 bits per heavy atom. The minimum absolute atomic E-state index is 0.0175. The zero-order valence-electron chi connectivity index (χ0n) is 11.0. The molecular formula is C12H18N4O3. The number of nitrogens with zero attached hydrogens (tertiary/aromatic N) is 1. The van der Waals surface area contributed by atoms with E-state index >= 15 is 0 Å². The van der Waals surface area contributed by atoms with Gasteiger partial charge in [-0.05, 0) is 33.1 Å². The van der Waals surface area contributed by atoms with E-state index in [1.54, 1.807) is 6.92 Å². The maximum Gasteiger partial charge on any atom is 0.323 e. The van der Waals surface area contributed by atoms with Gasteiger partial charge in [0, 0.05) is 0 Å². The Morgan fingerprint density at radius 1 is 1.42 bits per heavy atom. The van der Waals surface area contributed by atoms with Crippen molar-refractivity contribution in [1.82, 2.24) is 15.5 Å². The van der Waals surface area contributed by atoms with E-state index in [-0.39, 0.29) is 12.5 Å². The van der Waals surface area contributed by atoms with Crippen molar-refractivity contribution in [3.05, 3.63) is 11.4 Å². The zero-order valence-corrected chi connectivity index (χ0v) is 11.0. The highest BCUT2D eigenvalue weighted by Crippen LogP contribution is 2.31. The highest BCUT2D eigenvalue weighted by Gasteiger charge is 2.44. The number of carbonyl (C=O) groups is 2. The molecule has 1 aliphatic carbocycles. The third-order valence-electron chi connectivity index (χ3n) is 3.60. The number of carboxylic acids is 1. The minimum atomic E-state index is -0.919. The summed E-state index contributed by atoms with van der Waals surface area (Å²) in [6.45, 7) is 3.58. The molecule has 0 aromatic carbocycles. The van der Waals surface area contributed by atoms with Crippen molar-refractivity contribution >= 4 is 17.6 Å². The molecule has 19 heavy (non-hydrogen) atoms. The largest absolute Gasteiger partial charge is 0.480 e. The van der Waals surface area contributed by atoms with E-state index in [2.05, 4.69) is 20.8 Å². The summed E-state index contributed by atoms with van der Waals surface area (Å²) < 4.78 is 0. The van der Waals surface area contributed by atoms with E-state index < -0.39 is 11.5 Å². The maximum absolute atomic E-state index is 11.8. The van der Waals surface area contributed by atoms with Crippen LogP contribution in [-0.2, 0) is 9.59 Å². The lowest BCUT2D eigenvalue weighted by atomic mass is 9.77. The van der Waals surface area contributed by atoms with Crippen molar-refractivity contribution in [3.8, 4) is 0 Å². The van der Waals surface area contributed by atoms with Gasteiger partial charge in [0.1, 0.15) is 5.54 Å². The molecule has 0 spiro atoms. The number of nitrogens with one attached hydrogen (secondary N) is 3. The number of rotatable bonds is 5. The molecule has 1 aromatic rings. The zero-order chi connectivity index (χ0) is 14.0. The van der Waals surface area contributed by atoms with Crippen molar-refractivity contribution in [1.29, 1.82) is 0 Å². The van der Waals surface area contributed by atoms with Crippen LogP contribution in [0.3, 0.4) is 0 Å². The van der Waals surface area contributed by atoms with Gasteiger partial charge in [-0.25, -0.2) is 0 Å². The summed E-state index contributed by atoms with van der Waals surface area (Å²) in [5.41, 5.74) is 1.23. The highest BCUT2D eigenvalue weighted by atomic mass is 16.4. The molecule has 4 N–H and O–H groups in total. The Bertz CT molecular complexity index is 486. The molecule has 1 aliphatic rings. The van der Waals surface area contributed by atoms with E-state index in [1.807, 2.05) is 6.92 Å². The quantitative estimate of drug-likeness (QED) is 0.623. The smallest absolute Gasteiger partial charge is 0.323 e. The molecule has 1 aromatic heterocycles. The van der Waals surface area contributed by atoms with Gasteiger partial charge in [-0.3, -0.25) is 20.0 Å². The molecule has 1 saturated carbocycles. The number of amides is 1. The summed E-state index contributed by atoms with van der Waals surface area (Å²) in [4.78, 5) is 22.9. The van der Waals surface area contributed by atoms with E-state index in [1.165, 1.54) is 0 Å². The van der Waals surface area contributed by atoms with E-state index in [4.69, 9.17) is 5.11 Å². The fraction of sp³-hybridized carbons (Fsp3) is 0.583. The molecule has 0 saturated heterocycles. The summed E-state index contributed by atoms with van der Waals surface area (Å²) in [5, 5.41) is 21.5. The number of aryl methyl sites for hydroxylation is 2. The molecule has 0 unspecified atom stereocenters. The van der Waals surface area contributed by atoms with E-state index in [0.29, 0.717) is 24.2 Å². The lowest BCUT2D eigenvalue weighted by Crippen LogP contribution is -2.58. The Balaban J connectivity index is 1.90. The fourth-order valence-electron chi connectivity index (χ4n) is 2.16. The molecule has 1 fully saturated rings. The normalized spacial score (nSPS) is 16.7. The summed E-state index contributed by atoms with van der Waals surface area (Å²) in [5.74, 6) is -1.15. The van der Waals surface area contributed by atoms with Gasteiger partial charge >= 0.3 is 5.97 Å². The van der Waals surface area contributed by atoms with E-state index in [0.717, 1.165) is 12.1 Å². The SMILES string of the molecule is Cc1n[nH]c(C)c1NC(=O)CNC1(C(=O)O)CCC1. The molecule has 0 atom stereocenters. The Hall–Kier alpha value is -1.89. The van der Waals surface area contributed by atoms with Crippen LogP contribution in [0, 0.1) is 13.8 Å². The summed E-state index contributed by atoms with van der Waals surface area (Å²) in [6, 6.07) is 0. The van der Waals surface area contributed by atoms with Crippen LogP contribution in [0.4, 0.5) is 5.69 Å². The van der Waals surface area contributed by atoms with E-state index in [9.17, 15) is 9.59 Å². The second kappa shape index (κ2) is 5.00. The van der Waals surface area contributed by atoms with Crippen LogP contribution in [0.25, 0.3) is 0 Å². The Kier molecular flexibility index (Phi) is 3.57. The van der Waals surface area contributed by atoms with Crippen LogP contribution in [0.15, 0.2) is 0 Å². The van der Waals surface area contributed by atoms with Crippen LogP contribution >= 0.6 is 0 Å². The summed E-state index contributed by atoms with van der Waals surface area (Å²) in [6.07, 6.45) is 2.01. The van der Waals surface area contributed by atoms with Crippen LogP contribution in [0.2, 0.25) is 0 Å². The van der Waals surface area contributed by atoms with Gasteiger partial charge in [0.2, 0.25) is 5.91 Å². The predicted octanol–water partition coefficient (Wildman–Crippen LogP) is 0.562. The number of carbonyl (C=O) groups excluding carboxylic acids is 1. The van der Waals surface area contributed by atoms with Crippen molar-refractivity contribution in [2.45, 2.75) is 38.6 Å². The first-order valence-electron chi connectivity index (χ1n) is 6.24. The lowest BCUT2D eigenvalue weighted by Gasteiger charge is -2.38. The van der Waals surface area contributed by atoms with Crippen molar-refractivity contribution < 1.29 is 14.7 Å². The molecule has 2 rings (SSSR count). The topological polar surface area (TPSA) is 107 Å². The number of hydrogen-bond acceptors (Lipinski definition) is 4. The second-order valence-corrected chi connectivity index (χ2v) is 4.95. The third kappa shape index (κ3) is 2.60. The molecule has 1 amide bonds.